The number of pyridine rings is 1. The van der Waals surface area contributed by atoms with Crippen LogP contribution < -0.4 is 10.2 Å². The van der Waals surface area contributed by atoms with E-state index in [4.69, 9.17) is 0 Å². The monoisotopic (exact) mass is 301 g/mol. The molecule has 2 rings (SSSR count). The topological polar surface area (TPSA) is 28.2 Å². The zero-order valence-corrected chi connectivity index (χ0v) is 12.5. The summed E-state index contributed by atoms with van der Waals surface area (Å²) in [6, 6.07) is 4.18. The van der Waals surface area contributed by atoms with Crippen LogP contribution in [-0.4, -0.2) is 30.3 Å². The maximum atomic E-state index is 12.6. The Bertz CT molecular complexity index is 470. The lowest BCUT2D eigenvalue weighted by Gasteiger charge is -2.25. The van der Waals surface area contributed by atoms with Gasteiger partial charge < -0.3 is 10.2 Å². The summed E-state index contributed by atoms with van der Waals surface area (Å²) in [5.74, 6) is 0.404. The molecule has 1 aromatic rings. The Hall–Kier alpha value is -1.30. The van der Waals surface area contributed by atoms with Crippen LogP contribution in [0.2, 0.25) is 0 Å². The van der Waals surface area contributed by atoms with Crippen LogP contribution >= 0.6 is 0 Å². The Kier molecular flexibility index (Phi) is 5.08. The molecule has 21 heavy (non-hydrogen) atoms. The first-order chi connectivity index (χ1) is 9.89. The van der Waals surface area contributed by atoms with Gasteiger partial charge in [-0.15, -0.1) is 0 Å². The molecule has 0 atom stereocenters. The smallest absolute Gasteiger partial charge is 0.348 e. The van der Waals surface area contributed by atoms with Crippen molar-refractivity contribution in [3.8, 4) is 0 Å². The number of aryl methyl sites for hydroxylation is 1. The zero-order valence-electron chi connectivity index (χ0n) is 12.5. The van der Waals surface area contributed by atoms with Gasteiger partial charge in [0.05, 0.1) is 0 Å². The number of hydrogen-bond acceptors (Lipinski definition) is 3. The maximum absolute atomic E-state index is 12.6. The summed E-state index contributed by atoms with van der Waals surface area (Å²) < 4.78 is 37.9. The Morgan fingerprint density at radius 2 is 2.05 bits per heavy atom. The van der Waals surface area contributed by atoms with Gasteiger partial charge in [0.15, 0.2) is 0 Å². The molecule has 0 radical (unpaired) electrons. The van der Waals surface area contributed by atoms with E-state index < -0.39 is 12.7 Å². The summed E-state index contributed by atoms with van der Waals surface area (Å²) in [4.78, 5) is 5.66. The Labute approximate surface area is 123 Å². The first kappa shape index (κ1) is 16.1. The van der Waals surface area contributed by atoms with E-state index in [1.54, 1.807) is 6.07 Å². The number of nitrogens with zero attached hydrogens (tertiary/aromatic N) is 2. The summed E-state index contributed by atoms with van der Waals surface area (Å²) >= 11 is 0. The van der Waals surface area contributed by atoms with E-state index in [0.29, 0.717) is 24.8 Å². The van der Waals surface area contributed by atoms with Gasteiger partial charge in [-0.1, -0.05) is 13.0 Å². The fourth-order valence-electron chi connectivity index (χ4n) is 2.24. The van der Waals surface area contributed by atoms with Gasteiger partial charge in [0.1, 0.15) is 12.4 Å². The minimum Gasteiger partial charge on any atom is -0.348 e. The molecular weight excluding hydrogens is 279 g/mol. The molecule has 1 aromatic heterocycles. The van der Waals surface area contributed by atoms with Crippen LogP contribution in [0.25, 0.3) is 0 Å². The van der Waals surface area contributed by atoms with Gasteiger partial charge in [0, 0.05) is 24.8 Å². The summed E-state index contributed by atoms with van der Waals surface area (Å²) in [5, 5.41) is 3.39. The molecule has 0 aromatic carbocycles. The number of aromatic nitrogens is 1. The molecule has 0 amide bonds. The molecule has 0 spiro atoms. The Balaban J connectivity index is 2.07. The fraction of sp³-hybridized carbons (Fsp3) is 0.667. The summed E-state index contributed by atoms with van der Waals surface area (Å²) in [6.07, 6.45) is -1.14. The van der Waals surface area contributed by atoms with E-state index in [9.17, 15) is 13.2 Å². The maximum Gasteiger partial charge on any atom is 0.405 e. The second kappa shape index (κ2) is 6.64. The van der Waals surface area contributed by atoms with E-state index >= 15 is 0 Å². The molecule has 1 aliphatic rings. The van der Waals surface area contributed by atoms with E-state index in [0.717, 1.165) is 17.8 Å². The van der Waals surface area contributed by atoms with E-state index in [2.05, 4.69) is 10.3 Å². The normalized spacial score (nSPS) is 15.3. The van der Waals surface area contributed by atoms with Crippen LogP contribution in [0.15, 0.2) is 12.1 Å². The highest BCUT2D eigenvalue weighted by molar-refractivity contribution is 5.42. The average Bonchev–Trinajstić information content (AvgIpc) is 3.19. The van der Waals surface area contributed by atoms with Gasteiger partial charge in [0.2, 0.25) is 0 Å². The largest absolute Gasteiger partial charge is 0.405 e. The van der Waals surface area contributed by atoms with Crippen molar-refractivity contribution in [2.24, 2.45) is 0 Å². The standard InChI is InChI=1S/C15H22F3N3/c1-3-8-21(10-15(16,17)18)14-7-4-12(11(2)20-14)9-19-13-5-6-13/h4,7,13,19H,3,5-6,8-10H2,1-2H3. The van der Waals surface area contributed by atoms with Crippen molar-refractivity contribution >= 4 is 5.82 Å². The third kappa shape index (κ3) is 5.19. The predicted molar refractivity (Wildman–Crippen MR) is 77.4 cm³/mol. The molecule has 0 bridgehead atoms. The molecule has 0 aliphatic heterocycles. The lowest BCUT2D eigenvalue weighted by molar-refractivity contribution is -0.119. The highest BCUT2D eigenvalue weighted by atomic mass is 19.4. The highest BCUT2D eigenvalue weighted by Crippen LogP contribution is 2.23. The lowest BCUT2D eigenvalue weighted by atomic mass is 10.2. The number of alkyl halides is 3. The van der Waals surface area contributed by atoms with Crippen LogP contribution in [0, 0.1) is 6.92 Å². The van der Waals surface area contributed by atoms with Crippen molar-refractivity contribution in [3.63, 3.8) is 0 Å². The fourth-order valence-corrected chi connectivity index (χ4v) is 2.24. The molecule has 118 valence electrons. The second-order valence-electron chi connectivity index (χ2n) is 5.61. The molecule has 1 aliphatic carbocycles. The van der Waals surface area contributed by atoms with Crippen molar-refractivity contribution < 1.29 is 13.2 Å². The van der Waals surface area contributed by atoms with Crippen LogP contribution in [0.1, 0.15) is 37.4 Å². The van der Waals surface area contributed by atoms with Crippen molar-refractivity contribution in [2.45, 2.75) is 51.9 Å². The molecule has 1 N–H and O–H groups in total. The molecule has 1 fully saturated rings. The number of rotatable bonds is 7. The number of anilines is 1. The van der Waals surface area contributed by atoms with Crippen LogP contribution in [-0.2, 0) is 6.54 Å². The van der Waals surface area contributed by atoms with Crippen LogP contribution in [0.5, 0.6) is 0 Å². The van der Waals surface area contributed by atoms with Gasteiger partial charge in [-0.05, 0) is 37.8 Å². The van der Waals surface area contributed by atoms with Gasteiger partial charge in [0.25, 0.3) is 0 Å². The number of hydrogen-bond donors (Lipinski definition) is 1. The highest BCUT2D eigenvalue weighted by Gasteiger charge is 2.31. The third-order valence-corrected chi connectivity index (χ3v) is 3.53. The summed E-state index contributed by atoms with van der Waals surface area (Å²) in [6.45, 7) is 3.85. The molecule has 0 unspecified atom stereocenters. The minimum atomic E-state index is -4.21. The SMILES string of the molecule is CCCN(CC(F)(F)F)c1ccc(CNC2CC2)c(C)n1. The molecule has 1 heterocycles. The second-order valence-corrected chi connectivity index (χ2v) is 5.61. The van der Waals surface area contributed by atoms with Crippen LogP contribution in [0.3, 0.4) is 0 Å². The zero-order chi connectivity index (χ0) is 15.5. The van der Waals surface area contributed by atoms with E-state index in [-0.39, 0.29) is 0 Å². The van der Waals surface area contributed by atoms with Gasteiger partial charge in [-0.25, -0.2) is 4.98 Å². The van der Waals surface area contributed by atoms with Crippen LogP contribution in [0.4, 0.5) is 19.0 Å². The van der Waals surface area contributed by atoms with Gasteiger partial charge >= 0.3 is 6.18 Å². The van der Waals surface area contributed by atoms with E-state index in [1.165, 1.54) is 17.7 Å². The first-order valence-corrected chi connectivity index (χ1v) is 7.40. The quantitative estimate of drug-likeness (QED) is 0.836. The molecule has 0 saturated heterocycles. The van der Waals surface area contributed by atoms with Gasteiger partial charge in [-0.2, -0.15) is 13.2 Å². The Morgan fingerprint density at radius 3 is 2.57 bits per heavy atom. The molecule has 6 heteroatoms. The number of nitrogens with one attached hydrogen (secondary N) is 1. The summed E-state index contributed by atoms with van der Waals surface area (Å²) in [5.41, 5.74) is 1.85. The Morgan fingerprint density at radius 1 is 1.33 bits per heavy atom. The lowest BCUT2D eigenvalue weighted by Crippen LogP contribution is -2.35. The van der Waals surface area contributed by atoms with Gasteiger partial charge in [-0.3, -0.25) is 0 Å². The molecule has 1 saturated carbocycles. The van der Waals surface area contributed by atoms with E-state index in [1.807, 2.05) is 19.9 Å². The van der Waals surface area contributed by atoms with Crippen molar-refractivity contribution in [2.75, 3.05) is 18.0 Å². The van der Waals surface area contributed by atoms with Crippen molar-refractivity contribution in [3.05, 3.63) is 23.4 Å². The summed E-state index contributed by atoms with van der Waals surface area (Å²) in [7, 11) is 0. The third-order valence-electron chi connectivity index (χ3n) is 3.53. The average molecular weight is 301 g/mol. The van der Waals surface area contributed by atoms with Crippen molar-refractivity contribution in [1.29, 1.82) is 0 Å². The minimum absolute atomic E-state index is 0.353. The number of halogens is 3. The molecular formula is C15H22F3N3. The predicted octanol–water partition coefficient (Wildman–Crippen LogP) is 3.42. The first-order valence-electron chi connectivity index (χ1n) is 7.40. The molecule has 3 nitrogen and oxygen atoms in total. The van der Waals surface area contributed by atoms with Crippen molar-refractivity contribution in [1.82, 2.24) is 10.3 Å².